The molecule has 1 rings (SSSR count). The van der Waals surface area contributed by atoms with E-state index in [0.717, 1.165) is 0 Å². The molecule has 0 unspecified atom stereocenters. The molecule has 1 aliphatic heterocycles. The van der Waals surface area contributed by atoms with Crippen molar-refractivity contribution >= 4 is 12.2 Å². The normalized spacial score (nSPS) is 16.0. The van der Waals surface area contributed by atoms with Gasteiger partial charge in [-0.3, -0.25) is 0 Å². The Labute approximate surface area is 46.2 Å². The number of nitrogens with zero attached hydrogens (tertiary/aromatic N) is 1. The second kappa shape index (κ2) is 1.64. The summed E-state index contributed by atoms with van der Waals surface area (Å²) in [5, 5.41) is 0. The second-order valence-corrected chi connectivity index (χ2v) is 1.39. The number of aliphatic imine (C=N–C) groups is 1. The summed E-state index contributed by atoms with van der Waals surface area (Å²) in [6.07, 6.45) is 2.88. The number of nitrogens with two attached hydrogens (primary N) is 1. The van der Waals surface area contributed by atoms with Crippen LogP contribution in [0.15, 0.2) is 22.5 Å². The number of carbonyl (C=O) groups excluding carboxylic acids is 1. The molecule has 0 saturated carbocycles. The molecule has 3 heteroatoms. The maximum atomic E-state index is 9.78. The van der Waals surface area contributed by atoms with Crippen molar-refractivity contribution in [2.75, 3.05) is 0 Å². The van der Waals surface area contributed by atoms with Crippen molar-refractivity contribution in [2.24, 2.45) is 10.7 Å². The van der Waals surface area contributed by atoms with Gasteiger partial charge in [0.2, 0.25) is 0 Å². The van der Waals surface area contributed by atoms with E-state index in [9.17, 15) is 4.79 Å². The predicted octanol–water partition coefficient (Wildman–Crippen LogP) is -0.371. The van der Waals surface area contributed by atoms with Crippen LogP contribution in [0, 0.1) is 0 Å². The first-order chi connectivity index (χ1) is 3.83. The van der Waals surface area contributed by atoms with Gasteiger partial charge in [-0.05, 0) is 6.08 Å². The monoisotopic (exact) mass is 108 g/mol. The molecule has 0 spiro atoms. The molecule has 8 heavy (non-hydrogen) atoms. The molecule has 2 N–H and O–H groups in total. The van der Waals surface area contributed by atoms with Crippen molar-refractivity contribution in [2.45, 2.75) is 0 Å². The number of hydrogen-bond donors (Lipinski definition) is 1. The zero-order valence-corrected chi connectivity index (χ0v) is 4.09. The van der Waals surface area contributed by atoms with Crippen molar-refractivity contribution < 1.29 is 4.79 Å². The average Bonchev–Trinajstić information content (AvgIpc) is 2.14. The van der Waals surface area contributed by atoms with Crippen molar-refractivity contribution in [1.29, 1.82) is 0 Å². The molecule has 0 aromatic heterocycles. The van der Waals surface area contributed by atoms with Crippen LogP contribution in [-0.2, 0) is 4.79 Å². The van der Waals surface area contributed by atoms with Crippen molar-refractivity contribution in [3.05, 3.63) is 17.5 Å². The van der Waals surface area contributed by atoms with E-state index < -0.39 is 0 Å². The molecule has 3 nitrogen and oxygen atoms in total. The van der Waals surface area contributed by atoms with Gasteiger partial charge in [0.05, 0.1) is 11.9 Å². The first kappa shape index (κ1) is 4.81. The molecule has 0 saturated heterocycles. The largest absolute Gasteiger partial charge is 0.397 e. The summed E-state index contributed by atoms with van der Waals surface area (Å²) in [5.41, 5.74) is 5.98. The van der Waals surface area contributed by atoms with E-state index in [0.29, 0.717) is 5.70 Å². The van der Waals surface area contributed by atoms with E-state index in [1.165, 1.54) is 12.3 Å². The predicted molar refractivity (Wildman–Crippen MR) is 30.0 cm³/mol. The summed E-state index contributed by atoms with van der Waals surface area (Å²) in [6, 6.07) is 0. The fraction of sp³-hybridized carbons (Fsp3) is 0. The van der Waals surface area contributed by atoms with Gasteiger partial charge in [0, 0.05) is 0 Å². The summed E-state index contributed by atoms with van der Waals surface area (Å²) in [6.45, 7) is 0. The Bertz CT molecular complexity index is 208. The molecule has 0 radical (unpaired) electrons. The molecule has 1 heterocycles. The lowest BCUT2D eigenvalue weighted by Crippen LogP contribution is -1.92. The Hall–Kier alpha value is -1.34. The van der Waals surface area contributed by atoms with Crippen LogP contribution in [-0.4, -0.2) is 12.2 Å². The molecular weight excluding hydrogens is 104 g/mol. The Morgan fingerprint density at radius 1 is 1.75 bits per heavy atom. The van der Waals surface area contributed by atoms with E-state index in [1.54, 1.807) is 5.94 Å². The van der Waals surface area contributed by atoms with Crippen LogP contribution in [0.2, 0.25) is 0 Å². The number of hydrogen-bond acceptors (Lipinski definition) is 3. The van der Waals surface area contributed by atoms with Crippen LogP contribution in [0.3, 0.4) is 0 Å². The van der Waals surface area contributed by atoms with E-state index in [-0.39, 0.29) is 5.70 Å². The summed E-state index contributed by atoms with van der Waals surface area (Å²) in [7, 11) is 0. The Balaban J connectivity index is 3.01. The van der Waals surface area contributed by atoms with Crippen LogP contribution >= 0.6 is 0 Å². The minimum atomic E-state index is 0.266. The summed E-state index contributed by atoms with van der Waals surface area (Å²) >= 11 is 0. The van der Waals surface area contributed by atoms with Gasteiger partial charge in [-0.2, -0.15) is 0 Å². The smallest absolute Gasteiger partial charge is 0.152 e. The fourth-order valence-corrected chi connectivity index (χ4v) is 0.432. The molecule has 0 aliphatic carbocycles. The zero-order valence-electron chi connectivity index (χ0n) is 4.09. The van der Waals surface area contributed by atoms with Crippen LogP contribution < -0.4 is 5.73 Å². The fourth-order valence-electron chi connectivity index (χ4n) is 0.432. The van der Waals surface area contributed by atoms with Crippen LogP contribution in [0.5, 0.6) is 0 Å². The second-order valence-electron chi connectivity index (χ2n) is 1.39. The molecule has 0 bridgehead atoms. The molecule has 0 aromatic carbocycles. The maximum Gasteiger partial charge on any atom is 0.152 e. The molecule has 0 amide bonds. The topological polar surface area (TPSA) is 55.5 Å². The summed E-state index contributed by atoms with van der Waals surface area (Å²) in [4.78, 5) is 13.4. The third-order valence-electron chi connectivity index (χ3n) is 0.761. The highest BCUT2D eigenvalue weighted by molar-refractivity contribution is 5.85. The maximum absolute atomic E-state index is 9.78. The zero-order chi connectivity index (χ0) is 5.98. The lowest BCUT2D eigenvalue weighted by Gasteiger charge is -1.73. The average molecular weight is 108 g/mol. The third kappa shape index (κ3) is 0.669. The minimum absolute atomic E-state index is 0.266. The molecule has 0 fully saturated rings. The van der Waals surface area contributed by atoms with Crippen LogP contribution in [0.25, 0.3) is 0 Å². The van der Waals surface area contributed by atoms with Crippen molar-refractivity contribution in [1.82, 2.24) is 0 Å². The van der Waals surface area contributed by atoms with Gasteiger partial charge in [0.15, 0.2) is 5.94 Å². The van der Waals surface area contributed by atoms with Gasteiger partial charge >= 0.3 is 0 Å². The lowest BCUT2D eigenvalue weighted by atomic mass is 10.4. The molecular formula is C5H4N2O. The molecule has 0 aromatic rings. The molecule has 1 aliphatic rings. The lowest BCUT2D eigenvalue weighted by molar-refractivity contribution is 0.567. The Kier molecular flexibility index (Phi) is 0.985. The highest BCUT2D eigenvalue weighted by Crippen LogP contribution is 2.01. The Morgan fingerprint density at radius 2 is 2.50 bits per heavy atom. The highest BCUT2D eigenvalue weighted by Gasteiger charge is 1.97. The van der Waals surface area contributed by atoms with E-state index in [4.69, 9.17) is 5.73 Å². The highest BCUT2D eigenvalue weighted by atomic mass is 16.1. The summed E-state index contributed by atoms with van der Waals surface area (Å²) < 4.78 is 0. The van der Waals surface area contributed by atoms with Gasteiger partial charge in [0.25, 0.3) is 0 Å². The van der Waals surface area contributed by atoms with E-state index in [2.05, 4.69) is 4.99 Å². The quantitative estimate of drug-likeness (QED) is 0.430. The van der Waals surface area contributed by atoms with Gasteiger partial charge in [-0.15, -0.1) is 0 Å². The summed E-state index contributed by atoms with van der Waals surface area (Å²) in [5.74, 6) is 1.61. The van der Waals surface area contributed by atoms with Gasteiger partial charge in [0.1, 0.15) is 5.70 Å². The first-order valence-corrected chi connectivity index (χ1v) is 2.09. The first-order valence-electron chi connectivity index (χ1n) is 2.09. The van der Waals surface area contributed by atoms with E-state index >= 15 is 0 Å². The van der Waals surface area contributed by atoms with Crippen molar-refractivity contribution in [3.63, 3.8) is 0 Å². The number of allylic oxidation sites excluding steroid dienone is 2. The SMILES string of the molecule is NC1=CC(=C=O)N=C1. The standard InChI is InChI=1S/C5H4N2O/c6-4-1-5(3-8)7-2-4/h1-2H,6H2. The van der Waals surface area contributed by atoms with Gasteiger partial charge in [-0.25, -0.2) is 9.79 Å². The molecule has 0 atom stereocenters. The molecule has 40 valence electrons. The third-order valence-corrected chi connectivity index (χ3v) is 0.761. The van der Waals surface area contributed by atoms with E-state index in [1.807, 2.05) is 0 Å². The van der Waals surface area contributed by atoms with Gasteiger partial charge in [-0.1, -0.05) is 0 Å². The minimum Gasteiger partial charge on any atom is -0.397 e. The van der Waals surface area contributed by atoms with Gasteiger partial charge < -0.3 is 5.73 Å². The number of rotatable bonds is 0. The van der Waals surface area contributed by atoms with Crippen LogP contribution in [0.1, 0.15) is 0 Å². The Morgan fingerprint density at radius 3 is 2.75 bits per heavy atom. The van der Waals surface area contributed by atoms with Crippen LogP contribution in [0.4, 0.5) is 0 Å². The van der Waals surface area contributed by atoms with Crippen molar-refractivity contribution in [3.8, 4) is 0 Å².